The van der Waals surface area contributed by atoms with Gasteiger partial charge in [0.2, 0.25) is 0 Å². The van der Waals surface area contributed by atoms with Gasteiger partial charge in [-0.1, -0.05) is 11.6 Å². The van der Waals surface area contributed by atoms with Crippen LogP contribution < -0.4 is 10.2 Å². The SMILES string of the molecule is COc1cc(C=NNC(=O)c2cc3cc([N+](=O)[O-])ccc3o2)cc(Cl)c1O. The minimum Gasteiger partial charge on any atom is -0.503 e. The van der Waals surface area contributed by atoms with E-state index in [0.717, 1.165) is 0 Å². The molecule has 0 radical (unpaired) electrons. The smallest absolute Gasteiger partial charge is 0.307 e. The van der Waals surface area contributed by atoms with Gasteiger partial charge in [-0.05, 0) is 29.8 Å². The number of halogens is 1. The van der Waals surface area contributed by atoms with Crippen LogP contribution in [0.5, 0.6) is 11.5 Å². The predicted molar refractivity (Wildman–Crippen MR) is 97.6 cm³/mol. The fourth-order valence-electron chi connectivity index (χ4n) is 2.30. The Balaban J connectivity index is 1.76. The van der Waals surface area contributed by atoms with E-state index < -0.39 is 10.8 Å². The number of hydrogen-bond acceptors (Lipinski definition) is 7. The number of non-ortho nitro benzene ring substituents is 1. The highest BCUT2D eigenvalue weighted by Crippen LogP contribution is 2.34. The molecule has 0 aliphatic rings. The average Bonchev–Trinajstić information content (AvgIpc) is 3.07. The van der Waals surface area contributed by atoms with Crippen LogP contribution in [0.25, 0.3) is 11.0 Å². The normalized spacial score (nSPS) is 11.0. The highest BCUT2D eigenvalue weighted by Gasteiger charge is 2.14. The molecule has 27 heavy (non-hydrogen) atoms. The van der Waals surface area contributed by atoms with Crippen molar-refractivity contribution in [3.63, 3.8) is 0 Å². The second kappa shape index (κ2) is 7.34. The van der Waals surface area contributed by atoms with E-state index in [0.29, 0.717) is 16.5 Å². The largest absolute Gasteiger partial charge is 0.503 e. The Kier molecular flexibility index (Phi) is 4.95. The molecule has 0 atom stereocenters. The maximum atomic E-state index is 12.1. The quantitative estimate of drug-likeness (QED) is 0.390. The van der Waals surface area contributed by atoms with Gasteiger partial charge in [-0.2, -0.15) is 5.10 Å². The Morgan fingerprint density at radius 1 is 1.37 bits per heavy atom. The summed E-state index contributed by atoms with van der Waals surface area (Å²) in [7, 11) is 1.37. The molecule has 0 unspecified atom stereocenters. The second-order valence-electron chi connectivity index (χ2n) is 5.34. The lowest BCUT2D eigenvalue weighted by Crippen LogP contribution is -2.16. The molecule has 1 heterocycles. The summed E-state index contributed by atoms with van der Waals surface area (Å²) in [4.78, 5) is 22.4. The highest BCUT2D eigenvalue weighted by atomic mass is 35.5. The van der Waals surface area contributed by atoms with Crippen molar-refractivity contribution in [1.82, 2.24) is 5.43 Å². The van der Waals surface area contributed by atoms with E-state index in [2.05, 4.69) is 10.5 Å². The first-order valence-electron chi connectivity index (χ1n) is 7.47. The van der Waals surface area contributed by atoms with Gasteiger partial charge in [0.25, 0.3) is 5.69 Å². The van der Waals surface area contributed by atoms with E-state index in [1.54, 1.807) is 0 Å². The van der Waals surface area contributed by atoms with Crippen molar-refractivity contribution >= 4 is 40.4 Å². The number of aromatic hydroxyl groups is 1. The number of phenolic OH excluding ortho intramolecular Hbond substituents is 1. The summed E-state index contributed by atoms with van der Waals surface area (Å²) in [6.45, 7) is 0. The molecule has 9 nitrogen and oxygen atoms in total. The summed E-state index contributed by atoms with van der Waals surface area (Å²) < 4.78 is 10.3. The first-order chi connectivity index (χ1) is 12.9. The highest BCUT2D eigenvalue weighted by molar-refractivity contribution is 6.32. The van der Waals surface area contributed by atoms with E-state index >= 15 is 0 Å². The number of carbonyl (C=O) groups excluding carboxylic acids is 1. The van der Waals surface area contributed by atoms with Gasteiger partial charge in [0.05, 0.1) is 23.3 Å². The van der Waals surface area contributed by atoms with Crippen molar-refractivity contribution in [3.05, 3.63) is 62.9 Å². The van der Waals surface area contributed by atoms with Gasteiger partial charge < -0.3 is 14.3 Å². The zero-order valence-electron chi connectivity index (χ0n) is 13.8. The number of amides is 1. The van der Waals surface area contributed by atoms with Gasteiger partial charge in [-0.3, -0.25) is 14.9 Å². The fraction of sp³-hybridized carbons (Fsp3) is 0.0588. The maximum Gasteiger partial charge on any atom is 0.307 e. The summed E-state index contributed by atoms with van der Waals surface area (Å²) in [5.74, 6) is -0.725. The third-order valence-corrected chi connectivity index (χ3v) is 3.87. The molecule has 3 rings (SSSR count). The monoisotopic (exact) mass is 389 g/mol. The number of hydrazone groups is 1. The summed E-state index contributed by atoms with van der Waals surface area (Å²) >= 11 is 5.87. The van der Waals surface area contributed by atoms with Crippen molar-refractivity contribution in [2.75, 3.05) is 7.11 Å². The Labute approximate surface area is 157 Å². The summed E-state index contributed by atoms with van der Waals surface area (Å²) in [5, 5.41) is 24.8. The van der Waals surface area contributed by atoms with E-state index in [4.69, 9.17) is 20.8 Å². The zero-order chi connectivity index (χ0) is 19.6. The minimum absolute atomic E-state index is 0.0519. The molecule has 0 fully saturated rings. The van der Waals surface area contributed by atoms with Crippen LogP contribution >= 0.6 is 11.6 Å². The number of fused-ring (bicyclic) bond motifs is 1. The number of rotatable bonds is 5. The van der Waals surface area contributed by atoms with Crippen molar-refractivity contribution < 1.29 is 24.0 Å². The molecular weight excluding hydrogens is 378 g/mol. The second-order valence-corrected chi connectivity index (χ2v) is 5.75. The predicted octanol–water partition coefficient (Wildman–Crippen LogP) is 3.47. The Hall–Kier alpha value is -3.59. The molecule has 1 amide bonds. The number of nitro benzene ring substituents is 1. The Morgan fingerprint density at radius 2 is 2.15 bits per heavy atom. The number of nitrogens with zero attached hydrogens (tertiary/aromatic N) is 2. The van der Waals surface area contributed by atoms with Crippen molar-refractivity contribution in [1.29, 1.82) is 0 Å². The van der Waals surface area contributed by atoms with Crippen LogP contribution in [0.2, 0.25) is 5.02 Å². The topological polar surface area (TPSA) is 127 Å². The number of nitro groups is 1. The van der Waals surface area contributed by atoms with Gasteiger partial charge >= 0.3 is 5.91 Å². The van der Waals surface area contributed by atoms with Crippen LogP contribution in [0.15, 0.2) is 45.9 Å². The number of benzene rings is 2. The van der Waals surface area contributed by atoms with Crippen LogP contribution in [-0.2, 0) is 0 Å². The Bertz CT molecular complexity index is 1080. The molecular formula is C17H12ClN3O6. The molecule has 0 saturated carbocycles. The lowest BCUT2D eigenvalue weighted by atomic mass is 10.2. The van der Waals surface area contributed by atoms with Gasteiger partial charge in [-0.25, -0.2) is 5.43 Å². The van der Waals surface area contributed by atoms with Gasteiger partial charge in [0.1, 0.15) is 5.58 Å². The summed E-state index contributed by atoms with van der Waals surface area (Å²) in [5.41, 5.74) is 2.99. The molecule has 0 aliphatic carbocycles. The number of nitrogens with one attached hydrogen (secondary N) is 1. The molecule has 2 aromatic carbocycles. The number of ether oxygens (including phenoxy) is 1. The molecule has 10 heteroatoms. The first-order valence-corrected chi connectivity index (χ1v) is 7.84. The molecule has 3 aromatic rings. The molecule has 0 bridgehead atoms. The number of carbonyl (C=O) groups is 1. The first kappa shape index (κ1) is 18.2. The standard InChI is InChI=1S/C17H12ClN3O6/c1-26-14-5-9(4-12(18)16(14)22)8-19-20-17(23)15-7-10-6-11(21(24)25)2-3-13(10)27-15/h2-8,22H,1H3,(H,20,23). The molecule has 2 N–H and O–H groups in total. The molecule has 1 aromatic heterocycles. The van der Waals surface area contributed by atoms with Gasteiger partial charge in [0, 0.05) is 17.5 Å². The summed E-state index contributed by atoms with van der Waals surface area (Å²) in [6, 6.07) is 8.32. The molecule has 138 valence electrons. The third kappa shape index (κ3) is 3.82. The number of furan rings is 1. The van der Waals surface area contributed by atoms with Crippen LogP contribution in [0.3, 0.4) is 0 Å². The van der Waals surface area contributed by atoms with Gasteiger partial charge in [0.15, 0.2) is 17.3 Å². The lowest BCUT2D eigenvalue weighted by Gasteiger charge is -2.05. The van der Waals surface area contributed by atoms with Crippen LogP contribution in [-0.4, -0.2) is 29.3 Å². The van der Waals surface area contributed by atoms with E-state index in [9.17, 15) is 20.0 Å². The number of hydrogen-bond donors (Lipinski definition) is 2. The van der Waals surface area contributed by atoms with Crippen molar-refractivity contribution in [3.8, 4) is 11.5 Å². The maximum absolute atomic E-state index is 12.1. The van der Waals surface area contributed by atoms with Crippen molar-refractivity contribution in [2.45, 2.75) is 0 Å². The summed E-state index contributed by atoms with van der Waals surface area (Å²) in [6.07, 6.45) is 1.30. The van der Waals surface area contributed by atoms with Crippen LogP contribution in [0.1, 0.15) is 16.1 Å². The van der Waals surface area contributed by atoms with Crippen LogP contribution in [0, 0.1) is 10.1 Å². The van der Waals surface area contributed by atoms with Gasteiger partial charge in [-0.15, -0.1) is 0 Å². The number of methoxy groups -OCH3 is 1. The van der Waals surface area contributed by atoms with Crippen molar-refractivity contribution in [2.24, 2.45) is 5.10 Å². The molecule has 0 aliphatic heterocycles. The molecule has 0 spiro atoms. The van der Waals surface area contributed by atoms with E-state index in [-0.39, 0.29) is 28.0 Å². The van der Waals surface area contributed by atoms with E-state index in [1.807, 2.05) is 0 Å². The molecule has 0 saturated heterocycles. The Morgan fingerprint density at radius 3 is 2.85 bits per heavy atom. The zero-order valence-corrected chi connectivity index (χ0v) is 14.6. The van der Waals surface area contributed by atoms with Crippen LogP contribution in [0.4, 0.5) is 5.69 Å². The minimum atomic E-state index is -0.637. The number of phenols is 1. The third-order valence-electron chi connectivity index (χ3n) is 3.58. The lowest BCUT2D eigenvalue weighted by molar-refractivity contribution is -0.384. The van der Waals surface area contributed by atoms with E-state index in [1.165, 1.54) is 49.7 Å². The fourth-order valence-corrected chi connectivity index (χ4v) is 2.52. The average molecular weight is 390 g/mol.